The van der Waals surface area contributed by atoms with Crippen molar-refractivity contribution in [2.24, 2.45) is 0 Å². The molecule has 3 rings (SSSR count). The standard InChI is InChI=1S/C21H17NO6/c1-2-14-6-8-18-16(12-21(24)28-19(18)11-14)13-27-20(23)9-7-15-4-3-5-17(10-15)22(25)26/h3-12H,2,13H2,1H3/b9-7+. The minimum Gasteiger partial charge on any atom is -0.458 e. The SMILES string of the molecule is CCc1ccc2c(COC(=O)/C=C/c3cccc([N+](=O)[O-])c3)cc(=O)oc2c1. The van der Waals surface area contributed by atoms with Crippen LogP contribution in [0.5, 0.6) is 0 Å². The molecule has 0 N–H and O–H groups in total. The molecule has 1 aromatic heterocycles. The molecule has 0 fully saturated rings. The summed E-state index contributed by atoms with van der Waals surface area (Å²) in [6.45, 7) is 1.91. The number of esters is 1. The number of non-ortho nitro benzene ring substituents is 1. The summed E-state index contributed by atoms with van der Waals surface area (Å²) in [6, 6.07) is 12.7. The molecular weight excluding hydrogens is 362 g/mol. The van der Waals surface area contributed by atoms with Gasteiger partial charge in [0.2, 0.25) is 0 Å². The van der Waals surface area contributed by atoms with Crippen LogP contribution >= 0.6 is 0 Å². The summed E-state index contributed by atoms with van der Waals surface area (Å²) in [5.74, 6) is -0.627. The van der Waals surface area contributed by atoms with Crippen LogP contribution in [0.4, 0.5) is 5.69 Å². The fourth-order valence-electron chi connectivity index (χ4n) is 2.72. The van der Waals surface area contributed by atoms with Gasteiger partial charge in [-0.2, -0.15) is 0 Å². The van der Waals surface area contributed by atoms with Gasteiger partial charge in [0.05, 0.1) is 4.92 Å². The van der Waals surface area contributed by atoms with E-state index in [4.69, 9.17) is 9.15 Å². The number of aryl methyl sites for hydroxylation is 1. The van der Waals surface area contributed by atoms with Gasteiger partial charge in [0.25, 0.3) is 5.69 Å². The highest BCUT2D eigenvalue weighted by molar-refractivity contribution is 5.87. The number of rotatable bonds is 6. The lowest BCUT2D eigenvalue weighted by atomic mass is 10.1. The van der Waals surface area contributed by atoms with Gasteiger partial charge in [0.15, 0.2) is 0 Å². The largest absolute Gasteiger partial charge is 0.458 e. The van der Waals surface area contributed by atoms with Crippen molar-refractivity contribution in [1.29, 1.82) is 0 Å². The molecule has 0 amide bonds. The molecule has 0 saturated carbocycles. The summed E-state index contributed by atoms with van der Waals surface area (Å²) < 4.78 is 10.4. The number of benzene rings is 2. The smallest absolute Gasteiger partial charge is 0.336 e. The molecule has 0 spiro atoms. The number of nitrogens with zero attached hydrogens (tertiary/aromatic N) is 1. The lowest BCUT2D eigenvalue weighted by Crippen LogP contribution is -2.05. The third kappa shape index (κ3) is 4.50. The first kappa shape index (κ1) is 19.0. The number of hydrogen-bond acceptors (Lipinski definition) is 6. The maximum atomic E-state index is 12.0. The van der Waals surface area contributed by atoms with Crippen LogP contribution in [-0.4, -0.2) is 10.9 Å². The molecular formula is C21H17NO6. The molecule has 0 bridgehead atoms. The number of carbonyl (C=O) groups is 1. The van der Waals surface area contributed by atoms with E-state index < -0.39 is 16.5 Å². The Balaban J connectivity index is 1.73. The topological polar surface area (TPSA) is 99.6 Å². The average molecular weight is 379 g/mol. The van der Waals surface area contributed by atoms with E-state index in [1.165, 1.54) is 36.4 Å². The molecule has 0 unspecified atom stereocenters. The average Bonchev–Trinajstić information content (AvgIpc) is 2.69. The first-order valence-electron chi connectivity index (χ1n) is 8.61. The van der Waals surface area contributed by atoms with Gasteiger partial charge in [-0.25, -0.2) is 9.59 Å². The summed E-state index contributed by atoms with van der Waals surface area (Å²) in [7, 11) is 0. The first-order valence-corrected chi connectivity index (χ1v) is 8.61. The van der Waals surface area contributed by atoms with Crippen LogP contribution in [-0.2, 0) is 22.6 Å². The molecule has 0 atom stereocenters. The predicted molar refractivity (Wildman–Crippen MR) is 104 cm³/mol. The van der Waals surface area contributed by atoms with Crippen LogP contribution in [0.25, 0.3) is 17.0 Å². The minimum absolute atomic E-state index is 0.0653. The molecule has 142 valence electrons. The van der Waals surface area contributed by atoms with Crippen molar-refractivity contribution in [3.05, 3.63) is 91.8 Å². The number of nitro benzene ring substituents is 1. The van der Waals surface area contributed by atoms with Crippen molar-refractivity contribution in [2.45, 2.75) is 20.0 Å². The maximum Gasteiger partial charge on any atom is 0.336 e. The van der Waals surface area contributed by atoms with Crippen molar-refractivity contribution in [3.63, 3.8) is 0 Å². The normalized spacial score (nSPS) is 11.0. The second-order valence-corrected chi connectivity index (χ2v) is 6.07. The monoisotopic (exact) mass is 379 g/mol. The number of nitro groups is 1. The van der Waals surface area contributed by atoms with E-state index in [9.17, 15) is 19.7 Å². The van der Waals surface area contributed by atoms with Gasteiger partial charge in [-0.3, -0.25) is 10.1 Å². The van der Waals surface area contributed by atoms with Gasteiger partial charge in [-0.15, -0.1) is 0 Å². The fraction of sp³-hybridized carbons (Fsp3) is 0.143. The molecule has 0 radical (unpaired) electrons. The van der Waals surface area contributed by atoms with Crippen molar-refractivity contribution in [1.82, 2.24) is 0 Å². The van der Waals surface area contributed by atoms with Crippen molar-refractivity contribution in [3.8, 4) is 0 Å². The highest BCUT2D eigenvalue weighted by Crippen LogP contribution is 2.20. The van der Waals surface area contributed by atoms with E-state index in [0.717, 1.165) is 12.0 Å². The highest BCUT2D eigenvalue weighted by atomic mass is 16.6. The fourth-order valence-corrected chi connectivity index (χ4v) is 2.72. The molecule has 1 heterocycles. The minimum atomic E-state index is -0.627. The van der Waals surface area contributed by atoms with Crippen molar-refractivity contribution in [2.75, 3.05) is 0 Å². The van der Waals surface area contributed by atoms with E-state index in [-0.39, 0.29) is 12.3 Å². The number of hydrogen-bond donors (Lipinski definition) is 0. The van der Waals surface area contributed by atoms with Gasteiger partial charge in [0.1, 0.15) is 12.2 Å². The summed E-state index contributed by atoms with van der Waals surface area (Å²) in [5, 5.41) is 11.5. The summed E-state index contributed by atoms with van der Waals surface area (Å²) in [5.41, 5.74) is 1.95. The Labute approximate surface area is 160 Å². The third-order valence-corrected chi connectivity index (χ3v) is 4.17. The quantitative estimate of drug-likeness (QED) is 0.211. The van der Waals surface area contributed by atoms with Crippen molar-refractivity contribution < 1.29 is 18.9 Å². The number of ether oxygens (including phenoxy) is 1. The first-order chi connectivity index (χ1) is 13.5. The molecule has 3 aromatic rings. The van der Waals surface area contributed by atoms with Crippen LogP contribution in [0.3, 0.4) is 0 Å². The molecule has 0 aliphatic rings. The molecule has 28 heavy (non-hydrogen) atoms. The van der Waals surface area contributed by atoms with E-state index >= 15 is 0 Å². The lowest BCUT2D eigenvalue weighted by molar-refractivity contribution is -0.384. The molecule has 2 aromatic carbocycles. The van der Waals surface area contributed by atoms with Crippen LogP contribution in [0.15, 0.2) is 63.8 Å². The third-order valence-electron chi connectivity index (χ3n) is 4.17. The van der Waals surface area contributed by atoms with E-state index in [1.807, 2.05) is 19.1 Å². The Morgan fingerprint density at radius 1 is 1.21 bits per heavy atom. The van der Waals surface area contributed by atoms with Gasteiger partial charge < -0.3 is 9.15 Å². The van der Waals surface area contributed by atoms with Gasteiger partial charge in [-0.1, -0.05) is 31.2 Å². The molecule has 0 aliphatic carbocycles. The second-order valence-electron chi connectivity index (χ2n) is 6.07. The van der Waals surface area contributed by atoms with Crippen LogP contribution < -0.4 is 5.63 Å². The number of fused-ring (bicyclic) bond motifs is 1. The Hall–Kier alpha value is -3.74. The zero-order valence-corrected chi connectivity index (χ0v) is 15.1. The number of carbonyl (C=O) groups excluding carboxylic acids is 1. The lowest BCUT2D eigenvalue weighted by Gasteiger charge is -2.07. The predicted octanol–water partition coefficient (Wildman–Crippen LogP) is 4.02. The maximum absolute atomic E-state index is 12.0. The van der Waals surface area contributed by atoms with E-state index in [0.29, 0.717) is 22.1 Å². The van der Waals surface area contributed by atoms with Gasteiger partial charge >= 0.3 is 11.6 Å². The zero-order valence-electron chi connectivity index (χ0n) is 15.1. The highest BCUT2D eigenvalue weighted by Gasteiger charge is 2.09. The molecule has 7 heteroatoms. The van der Waals surface area contributed by atoms with Crippen molar-refractivity contribution >= 4 is 28.7 Å². The van der Waals surface area contributed by atoms with Crippen LogP contribution in [0.2, 0.25) is 0 Å². The van der Waals surface area contributed by atoms with E-state index in [2.05, 4.69) is 0 Å². The molecule has 0 aliphatic heterocycles. The summed E-state index contributed by atoms with van der Waals surface area (Å²) in [6.07, 6.45) is 3.42. The Morgan fingerprint density at radius 2 is 2.04 bits per heavy atom. The second kappa shape index (κ2) is 8.30. The summed E-state index contributed by atoms with van der Waals surface area (Å²) in [4.78, 5) is 34.0. The Bertz CT molecular complexity index is 1130. The van der Waals surface area contributed by atoms with Crippen LogP contribution in [0.1, 0.15) is 23.6 Å². The Morgan fingerprint density at radius 3 is 2.79 bits per heavy atom. The summed E-state index contributed by atoms with van der Waals surface area (Å²) >= 11 is 0. The van der Waals surface area contributed by atoms with Gasteiger partial charge in [0, 0.05) is 35.2 Å². The Kier molecular flexibility index (Phi) is 5.64. The van der Waals surface area contributed by atoms with Crippen LogP contribution in [0, 0.1) is 10.1 Å². The van der Waals surface area contributed by atoms with Gasteiger partial charge in [-0.05, 0) is 29.7 Å². The molecule has 0 saturated heterocycles. The van der Waals surface area contributed by atoms with E-state index in [1.54, 1.807) is 12.1 Å². The zero-order chi connectivity index (χ0) is 20.1. The molecule has 7 nitrogen and oxygen atoms in total.